The van der Waals surface area contributed by atoms with Crippen molar-refractivity contribution >= 4 is 0 Å². The van der Waals surface area contributed by atoms with Crippen LogP contribution in [0.25, 0.3) is 11.3 Å². The van der Waals surface area contributed by atoms with Gasteiger partial charge in [0.05, 0.1) is 5.69 Å². The van der Waals surface area contributed by atoms with Crippen molar-refractivity contribution in [3.63, 3.8) is 0 Å². The summed E-state index contributed by atoms with van der Waals surface area (Å²) in [7, 11) is 0. The van der Waals surface area contributed by atoms with E-state index in [0.29, 0.717) is 0 Å². The standard InChI is InChI=1S/C18H18N2/c1-15-14-20(13-12-16-8-4-2-5-9-16)19-18(15)17-10-6-3-7-11-17/h2-11,14H,12-13H2,1H3. The maximum atomic E-state index is 4.71. The van der Waals surface area contributed by atoms with Crippen LogP contribution in [-0.2, 0) is 13.0 Å². The fraction of sp³-hybridized carbons (Fsp3) is 0.167. The Balaban J connectivity index is 1.76. The Hall–Kier alpha value is -2.35. The molecule has 0 saturated heterocycles. The minimum Gasteiger partial charge on any atom is -0.272 e. The van der Waals surface area contributed by atoms with Crippen LogP contribution in [0, 0.1) is 6.92 Å². The van der Waals surface area contributed by atoms with Gasteiger partial charge in [0.2, 0.25) is 0 Å². The first-order chi connectivity index (χ1) is 9.83. The first-order valence-corrected chi connectivity index (χ1v) is 6.96. The summed E-state index contributed by atoms with van der Waals surface area (Å²) in [6.07, 6.45) is 3.14. The Morgan fingerprint density at radius 2 is 1.55 bits per heavy atom. The zero-order valence-corrected chi connectivity index (χ0v) is 11.7. The fourth-order valence-electron chi connectivity index (χ4n) is 2.41. The summed E-state index contributed by atoms with van der Waals surface area (Å²) in [6.45, 7) is 3.03. The summed E-state index contributed by atoms with van der Waals surface area (Å²) in [5.41, 5.74) is 4.84. The highest BCUT2D eigenvalue weighted by atomic mass is 15.3. The Kier molecular flexibility index (Phi) is 3.64. The van der Waals surface area contributed by atoms with Crippen molar-refractivity contribution < 1.29 is 0 Å². The number of hydrogen-bond donors (Lipinski definition) is 0. The summed E-state index contributed by atoms with van der Waals surface area (Å²) < 4.78 is 2.05. The zero-order chi connectivity index (χ0) is 13.8. The SMILES string of the molecule is Cc1cn(CCc2ccccc2)nc1-c1ccccc1. The summed E-state index contributed by atoms with van der Waals surface area (Å²) in [4.78, 5) is 0. The van der Waals surface area contributed by atoms with Crippen molar-refractivity contribution in [2.75, 3.05) is 0 Å². The van der Waals surface area contributed by atoms with Crippen LogP contribution >= 0.6 is 0 Å². The molecule has 0 fully saturated rings. The van der Waals surface area contributed by atoms with Gasteiger partial charge in [-0.15, -0.1) is 0 Å². The Morgan fingerprint density at radius 1 is 0.900 bits per heavy atom. The van der Waals surface area contributed by atoms with Crippen molar-refractivity contribution in [1.29, 1.82) is 0 Å². The van der Waals surface area contributed by atoms with Crippen molar-refractivity contribution in [1.82, 2.24) is 9.78 Å². The van der Waals surface area contributed by atoms with Gasteiger partial charge in [-0.3, -0.25) is 4.68 Å². The van der Waals surface area contributed by atoms with Crippen LogP contribution in [0.5, 0.6) is 0 Å². The van der Waals surface area contributed by atoms with Crippen LogP contribution < -0.4 is 0 Å². The van der Waals surface area contributed by atoms with E-state index in [1.165, 1.54) is 16.7 Å². The van der Waals surface area contributed by atoms with E-state index in [2.05, 4.69) is 67.7 Å². The first kappa shape index (κ1) is 12.7. The first-order valence-electron chi connectivity index (χ1n) is 6.96. The maximum Gasteiger partial charge on any atom is 0.0952 e. The van der Waals surface area contributed by atoms with Gasteiger partial charge in [-0.05, 0) is 24.5 Å². The van der Waals surface area contributed by atoms with Crippen LogP contribution in [0.3, 0.4) is 0 Å². The van der Waals surface area contributed by atoms with E-state index in [9.17, 15) is 0 Å². The van der Waals surface area contributed by atoms with Gasteiger partial charge in [0.1, 0.15) is 0 Å². The molecule has 1 aromatic heterocycles. The lowest BCUT2D eigenvalue weighted by Crippen LogP contribution is -2.01. The average Bonchev–Trinajstić information content (AvgIpc) is 2.88. The third-order valence-electron chi connectivity index (χ3n) is 3.46. The normalized spacial score (nSPS) is 10.7. The van der Waals surface area contributed by atoms with Gasteiger partial charge in [0.25, 0.3) is 0 Å². The van der Waals surface area contributed by atoms with E-state index < -0.39 is 0 Å². The lowest BCUT2D eigenvalue weighted by atomic mass is 10.1. The highest BCUT2D eigenvalue weighted by molar-refractivity contribution is 5.62. The predicted molar refractivity (Wildman–Crippen MR) is 82.5 cm³/mol. The molecular formula is C18H18N2. The Labute approximate surface area is 119 Å². The van der Waals surface area contributed by atoms with E-state index in [1.807, 2.05) is 10.7 Å². The van der Waals surface area contributed by atoms with Crippen molar-refractivity contribution in [2.45, 2.75) is 19.9 Å². The van der Waals surface area contributed by atoms with Crippen LogP contribution in [0.2, 0.25) is 0 Å². The van der Waals surface area contributed by atoms with Crippen LogP contribution in [0.4, 0.5) is 0 Å². The van der Waals surface area contributed by atoms with Crippen molar-refractivity contribution in [3.05, 3.63) is 78.0 Å². The topological polar surface area (TPSA) is 17.8 Å². The summed E-state index contributed by atoms with van der Waals surface area (Å²) in [6, 6.07) is 20.9. The molecule has 0 atom stereocenters. The van der Waals surface area contributed by atoms with E-state index in [1.54, 1.807) is 0 Å². The molecular weight excluding hydrogens is 244 g/mol. The molecule has 0 spiro atoms. The summed E-state index contributed by atoms with van der Waals surface area (Å²) in [5.74, 6) is 0. The number of nitrogens with zero attached hydrogens (tertiary/aromatic N) is 2. The Bertz CT molecular complexity index is 669. The third-order valence-corrected chi connectivity index (χ3v) is 3.46. The van der Waals surface area contributed by atoms with E-state index in [4.69, 9.17) is 5.10 Å². The molecule has 0 unspecified atom stereocenters. The highest BCUT2D eigenvalue weighted by Gasteiger charge is 2.07. The molecule has 0 aliphatic carbocycles. The number of benzene rings is 2. The number of hydrogen-bond acceptors (Lipinski definition) is 1. The molecule has 0 N–H and O–H groups in total. The van der Waals surface area contributed by atoms with E-state index in [0.717, 1.165) is 18.7 Å². The fourth-order valence-corrected chi connectivity index (χ4v) is 2.41. The molecule has 0 radical (unpaired) electrons. The second kappa shape index (κ2) is 5.74. The van der Waals surface area contributed by atoms with Gasteiger partial charge in [-0.25, -0.2) is 0 Å². The molecule has 2 heteroatoms. The molecule has 3 rings (SSSR count). The second-order valence-electron chi connectivity index (χ2n) is 5.03. The van der Waals surface area contributed by atoms with Crippen LogP contribution in [0.1, 0.15) is 11.1 Å². The lowest BCUT2D eigenvalue weighted by Gasteiger charge is -2.02. The van der Waals surface area contributed by atoms with Crippen LogP contribution in [-0.4, -0.2) is 9.78 Å². The number of aryl methyl sites for hydroxylation is 3. The molecule has 2 nitrogen and oxygen atoms in total. The zero-order valence-electron chi connectivity index (χ0n) is 11.7. The minimum atomic E-state index is 0.914. The second-order valence-corrected chi connectivity index (χ2v) is 5.03. The molecule has 100 valence electrons. The summed E-state index contributed by atoms with van der Waals surface area (Å²) in [5, 5.41) is 4.71. The van der Waals surface area contributed by atoms with Gasteiger partial charge < -0.3 is 0 Å². The maximum absolute atomic E-state index is 4.71. The molecule has 1 heterocycles. The smallest absolute Gasteiger partial charge is 0.0952 e. The van der Waals surface area contributed by atoms with E-state index in [-0.39, 0.29) is 0 Å². The van der Waals surface area contributed by atoms with Crippen molar-refractivity contribution in [2.24, 2.45) is 0 Å². The molecule has 0 amide bonds. The Morgan fingerprint density at radius 3 is 2.25 bits per heavy atom. The number of aromatic nitrogens is 2. The molecule has 0 bridgehead atoms. The van der Waals surface area contributed by atoms with Crippen LogP contribution in [0.15, 0.2) is 66.9 Å². The lowest BCUT2D eigenvalue weighted by molar-refractivity contribution is 0.616. The van der Waals surface area contributed by atoms with Gasteiger partial charge >= 0.3 is 0 Å². The molecule has 0 aliphatic rings. The van der Waals surface area contributed by atoms with E-state index >= 15 is 0 Å². The molecule has 0 saturated carbocycles. The average molecular weight is 262 g/mol. The van der Waals surface area contributed by atoms with Gasteiger partial charge in [0.15, 0.2) is 0 Å². The highest BCUT2D eigenvalue weighted by Crippen LogP contribution is 2.20. The summed E-state index contributed by atoms with van der Waals surface area (Å²) >= 11 is 0. The molecule has 3 aromatic rings. The number of rotatable bonds is 4. The molecule has 0 aliphatic heterocycles. The third kappa shape index (κ3) is 2.80. The van der Waals surface area contributed by atoms with Gasteiger partial charge in [-0.2, -0.15) is 5.10 Å². The minimum absolute atomic E-state index is 0.914. The largest absolute Gasteiger partial charge is 0.272 e. The van der Waals surface area contributed by atoms with Gasteiger partial charge in [0, 0.05) is 18.3 Å². The molecule has 2 aromatic carbocycles. The van der Waals surface area contributed by atoms with Crippen molar-refractivity contribution in [3.8, 4) is 11.3 Å². The van der Waals surface area contributed by atoms with Gasteiger partial charge in [-0.1, -0.05) is 60.7 Å². The quantitative estimate of drug-likeness (QED) is 0.692. The molecule has 20 heavy (non-hydrogen) atoms. The predicted octanol–water partition coefficient (Wildman–Crippen LogP) is 4.10. The monoisotopic (exact) mass is 262 g/mol.